The maximum absolute atomic E-state index is 10.8. The van der Waals surface area contributed by atoms with Crippen LogP contribution < -0.4 is 5.32 Å². The van der Waals surface area contributed by atoms with Crippen LogP contribution in [0, 0.1) is 0 Å². The zero-order valence-electron chi connectivity index (χ0n) is 7.44. The average Bonchev–Trinajstić information content (AvgIpc) is 2.33. The highest BCUT2D eigenvalue weighted by molar-refractivity contribution is 7.89. The molecule has 0 bridgehead atoms. The molecule has 1 aromatic heterocycles. The summed E-state index contributed by atoms with van der Waals surface area (Å²) in [5.74, 6) is -0.0134. The Morgan fingerprint density at radius 2 is 2.23 bits per heavy atom. The highest BCUT2D eigenvalue weighted by Crippen LogP contribution is 2.05. The van der Waals surface area contributed by atoms with Gasteiger partial charge in [-0.3, -0.25) is 0 Å². The summed E-state index contributed by atoms with van der Waals surface area (Å²) in [6.07, 6.45) is 1.12. The van der Waals surface area contributed by atoms with Gasteiger partial charge in [-0.2, -0.15) is 4.98 Å². The summed E-state index contributed by atoms with van der Waals surface area (Å²) in [6.45, 7) is 2.53. The first-order valence-corrected chi connectivity index (χ1v) is 5.81. The van der Waals surface area contributed by atoms with E-state index in [9.17, 15) is 8.42 Å². The van der Waals surface area contributed by atoms with Crippen molar-refractivity contribution < 1.29 is 12.9 Å². The molecular weight excluding hydrogens is 194 g/mol. The third kappa shape index (κ3) is 3.41. The number of rotatable bonds is 4. The van der Waals surface area contributed by atoms with Crippen molar-refractivity contribution in [1.29, 1.82) is 0 Å². The molecule has 0 saturated carbocycles. The topological polar surface area (TPSA) is 85.1 Å². The van der Waals surface area contributed by atoms with Crippen molar-refractivity contribution in [3.8, 4) is 0 Å². The third-order valence-electron chi connectivity index (χ3n) is 1.19. The van der Waals surface area contributed by atoms with Crippen molar-refractivity contribution in [2.75, 3.05) is 18.1 Å². The molecule has 0 amide bonds. The lowest BCUT2D eigenvalue weighted by molar-refractivity contribution is 0.425. The summed E-state index contributed by atoms with van der Waals surface area (Å²) < 4.78 is 26.4. The van der Waals surface area contributed by atoms with Crippen LogP contribution in [0.3, 0.4) is 0 Å². The van der Waals surface area contributed by atoms with Gasteiger partial charge in [0.25, 0.3) is 0 Å². The van der Waals surface area contributed by atoms with Crippen molar-refractivity contribution in [1.82, 2.24) is 10.1 Å². The zero-order valence-corrected chi connectivity index (χ0v) is 8.26. The minimum atomic E-state index is -3.09. The smallest absolute Gasteiger partial charge is 0.321 e. The molecule has 74 valence electrons. The van der Waals surface area contributed by atoms with E-state index in [1.54, 1.807) is 0 Å². The van der Waals surface area contributed by atoms with Crippen LogP contribution in [0.2, 0.25) is 0 Å². The predicted molar refractivity (Wildman–Crippen MR) is 47.0 cm³/mol. The SMILES string of the molecule is CCNc1nc(CS(C)(=O)=O)no1. The molecule has 0 aromatic carbocycles. The molecule has 1 aromatic rings. The van der Waals surface area contributed by atoms with Crippen molar-refractivity contribution in [3.63, 3.8) is 0 Å². The molecule has 1 N–H and O–H groups in total. The quantitative estimate of drug-likeness (QED) is 0.747. The van der Waals surface area contributed by atoms with E-state index in [0.717, 1.165) is 6.26 Å². The summed E-state index contributed by atoms with van der Waals surface area (Å²) >= 11 is 0. The molecule has 0 spiro atoms. The number of hydrogen-bond acceptors (Lipinski definition) is 6. The molecular formula is C6H11N3O3S. The predicted octanol–water partition coefficient (Wildman–Crippen LogP) is 0.0460. The molecule has 1 heterocycles. The van der Waals surface area contributed by atoms with Crippen LogP contribution in [0.1, 0.15) is 12.7 Å². The van der Waals surface area contributed by atoms with Crippen LogP contribution >= 0.6 is 0 Å². The van der Waals surface area contributed by atoms with Crippen molar-refractivity contribution in [2.45, 2.75) is 12.7 Å². The van der Waals surface area contributed by atoms with Gasteiger partial charge in [-0.15, -0.1) is 0 Å². The molecule has 0 aliphatic heterocycles. The summed E-state index contributed by atoms with van der Waals surface area (Å²) in [4.78, 5) is 3.82. The molecule has 6 nitrogen and oxygen atoms in total. The molecule has 7 heteroatoms. The second-order valence-corrected chi connectivity index (χ2v) is 4.76. The van der Waals surface area contributed by atoms with Gasteiger partial charge in [0, 0.05) is 12.8 Å². The van der Waals surface area contributed by atoms with Gasteiger partial charge in [0.15, 0.2) is 15.7 Å². The molecule has 0 fully saturated rings. The maximum Gasteiger partial charge on any atom is 0.321 e. The van der Waals surface area contributed by atoms with E-state index in [2.05, 4.69) is 15.5 Å². The van der Waals surface area contributed by atoms with Crippen molar-refractivity contribution >= 4 is 15.9 Å². The minimum Gasteiger partial charge on any atom is -0.338 e. The Balaban J connectivity index is 2.69. The van der Waals surface area contributed by atoms with Gasteiger partial charge in [-0.1, -0.05) is 5.16 Å². The van der Waals surface area contributed by atoms with Gasteiger partial charge in [0.1, 0.15) is 5.75 Å². The largest absolute Gasteiger partial charge is 0.338 e. The lowest BCUT2D eigenvalue weighted by Crippen LogP contribution is -2.02. The Morgan fingerprint density at radius 1 is 1.54 bits per heavy atom. The van der Waals surface area contributed by atoms with Crippen LogP contribution in [-0.4, -0.2) is 31.4 Å². The normalized spacial score (nSPS) is 11.5. The van der Waals surface area contributed by atoms with E-state index in [1.165, 1.54) is 0 Å². The monoisotopic (exact) mass is 205 g/mol. The van der Waals surface area contributed by atoms with Gasteiger partial charge in [0.2, 0.25) is 0 Å². The number of hydrogen-bond donors (Lipinski definition) is 1. The van der Waals surface area contributed by atoms with Crippen LogP contribution in [0.5, 0.6) is 0 Å². The van der Waals surface area contributed by atoms with E-state index in [1.807, 2.05) is 6.92 Å². The van der Waals surface area contributed by atoms with Crippen LogP contribution in [0.4, 0.5) is 6.01 Å². The number of nitrogens with one attached hydrogen (secondary N) is 1. The van der Waals surface area contributed by atoms with E-state index in [4.69, 9.17) is 4.52 Å². The van der Waals surface area contributed by atoms with E-state index in [0.29, 0.717) is 6.54 Å². The second-order valence-electron chi connectivity index (χ2n) is 2.62. The van der Waals surface area contributed by atoms with Crippen LogP contribution in [-0.2, 0) is 15.6 Å². The molecule has 0 unspecified atom stereocenters. The lowest BCUT2D eigenvalue weighted by Gasteiger charge is -1.90. The molecule has 0 aliphatic rings. The second kappa shape index (κ2) is 3.73. The zero-order chi connectivity index (χ0) is 9.90. The van der Waals surface area contributed by atoms with Gasteiger partial charge in [0.05, 0.1) is 0 Å². The number of anilines is 1. The fourth-order valence-corrected chi connectivity index (χ4v) is 1.36. The molecule has 0 aliphatic carbocycles. The third-order valence-corrected chi connectivity index (χ3v) is 1.97. The Kier molecular flexibility index (Phi) is 2.86. The number of sulfone groups is 1. The summed E-state index contributed by atoms with van der Waals surface area (Å²) in [6, 6.07) is 0.251. The Hall–Kier alpha value is -1.11. The van der Waals surface area contributed by atoms with Gasteiger partial charge >= 0.3 is 6.01 Å². The van der Waals surface area contributed by atoms with E-state index < -0.39 is 9.84 Å². The van der Waals surface area contributed by atoms with Gasteiger partial charge < -0.3 is 9.84 Å². The Labute approximate surface area is 76.3 Å². The summed E-state index contributed by atoms with van der Waals surface area (Å²) in [5.41, 5.74) is 0. The first-order valence-electron chi connectivity index (χ1n) is 3.75. The van der Waals surface area contributed by atoms with Gasteiger partial charge in [-0.25, -0.2) is 8.42 Å². The van der Waals surface area contributed by atoms with Crippen LogP contribution in [0.25, 0.3) is 0 Å². The first-order chi connectivity index (χ1) is 6.01. The lowest BCUT2D eigenvalue weighted by atomic mass is 10.7. The summed E-state index contributed by atoms with van der Waals surface area (Å²) in [7, 11) is -3.09. The van der Waals surface area contributed by atoms with Crippen LogP contribution in [0.15, 0.2) is 4.52 Å². The first kappa shape index (κ1) is 9.97. The molecule has 13 heavy (non-hydrogen) atoms. The van der Waals surface area contributed by atoms with Gasteiger partial charge in [-0.05, 0) is 6.92 Å². The fourth-order valence-electron chi connectivity index (χ4n) is 0.770. The van der Waals surface area contributed by atoms with Crippen molar-refractivity contribution in [2.24, 2.45) is 0 Å². The Bertz CT molecular complexity index is 370. The van der Waals surface area contributed by atoms with Crippen molar-refractivity contribution in [3.05, 3.63) is 5.82 Å². The fraction of sp³-hybridized carbons (Fsp3) is 0.667. The van der Waals surface area contributed by atoms with E-state index >= 15 is 0 Å². The standard InChI is InChI=1S/C6H11N3O3S/c1-3-7-6-8-5(9-12-6)4-13(2,10)11/h3-4H2,1-2H3,(H,7,8,9). The average molecular weight is 205 g/mol. The molecule has 1 rings (SSSR count). The minimum absolute atomic E-state index is 0.179. The summed E-state index contributed by atoms with van der Waals surface area (Å²) in [5, 5.41) is 6.27. The molecule has 0 radical (unpaired) electrons. The van der Waals surface area contributed by atoms with E-state index in [-0.39, 0.29) is 17.6 Å². The Morgan fingerprint density at radius 3 is 2.77 bits per heavy atom. The highest BCUT2D eigenvalue weighted by Gasteiger charge is 2.11. The molecule has 0 saturated heterocycles. The molecule has 0 atom stereocenters. The highest BCUT2D eigenvalue weighted by atomic mass is 32.2. The number of nitrogens with zero attached hydrogens (tertiary/aromatic N) is 2. The number of aromatic nitrogens is 2. The maximum atomic E-state index is 10.8.